The van der Waals surface area contributed by atoms with Crippen LogP contribution in [0.1, 0.15) is 36.2 Å². The SMILES string of the molecule is CN1CCC(n2c(=O)[nH]c3nccc(Oc4ccc(NC5COC5c5cnn(-c6ncccc6F)c5C(F)(F)F)cc4F)c32)CC1. The predicted molar refractivity (Wildman–Crippen MR) is 155 cm³/mol. The molecule has 16 heteroatoms. The van der Waals surface area contributed by atoms with Crippen molar-refractivity contribution in [3.63, 3.8) is 0 Å². The number of ether oxygens (including phenoxy) is 2. The molecule has 0 saturated carbocycles. The number of fused-ring (bicyclic) bond motifs is 1. The molecule has 0 aliphatic carbocycles. The molecule has 2 N–H and O–H groups in total. The number of H-pyrrole nitrogens is 1. The molecule has 6 heterocycles. The Hall–Kier alpha value is -4.83. The summed E-state index contributed by atoms with van der Waals surface area (Å²) in [6.07, 6.45) is -0.916. The molecule has 2 saturated heterocycles. The van der Waals surface area contributed by atoms with Crippen LogP contribution < -0.4 is 15.7 Å². The van der Waals surface area contributed by atoms with E-state index in [-0.39, 0.29) is 41.1 Å². The van der Waals surface area contributed by atoms with E-state index in [1.165, 1.54) is 24.4 Å². The molecule has 240 valence electrons. The van der Waals surface area contributed by atoms with Gasteiger partial charge in [0.25, 0.3) is 0 Å². The Balaban J connectivity index is 1.12. The number of aromatic nitrogens is 6. The maximum atomic E-state index is 15.4. The Labute approximate surface area is 257 Å². The van der Waals surface area contributed by atoms with E-state index in [0.29, 0.717) is 15.8 Å². The number of nitrogens with zero attached hydrogens (tertiary/aromatic N) is 6. The zero-order chi connectivity index (χ0) is 32.2. The fourth-order valence-electron chi connectivity index (χ4n) is 5.97. The number of benzene rings is 1. The Bertz CT molecular complexity index is 1960. The highest BCUT2D eigenvalue weighted by Gasteiger charge is 2.45. The van der Waals surface area contributed by atoms with Gasteiger partial charge in [0.1, 0.15) is 11.6 Å². The topological polar surface area (TPSA) is 115 Å². The first-order valence-corrected chi connectivity index (χ1v) is 14.5. The second kappa shape index (κ2) is 11.5. The first-order valence-electron chi connectivity index (χ1n) is 14.5. The number of likely N-dealkylation sites (tertiary alicyclic amines) is 1. The Morgan fingerprint density at radius 2 is 1.85 bits per heavy atom. The third-order valence-electron chi connectivity index (χ3n) is 8.26. The molecule has 2 atom stereocenters. The average molecular weight is 643 g/mol. The molecule has 2 aliphatic rings. The molecule has 0 bridgehead atoms. The number of aromatic amines is 1. The largest absolute Gasteiger partial charge is 0.452 e. The van der Waals surface area contributed by atoms with E-state index in [0.717, 1.165) is 50.5 Å². The molecule has 2 fully saturated rings. The molecule has 0 amide bonds. The van der Waals surface area contributed by atoms with Crippen molar-refractivity contribution in [1.29, 1.82) is 0 Å². The fraction of sp³-hybridized carbons (Fsp3) is 0.333. The standard InChI is InChI=1S/C30H27F5N8O3/c1-41-11-7-17(8-12-41)42-24-23(6-10-36-27(24)40-29(42)44)46-22-5-4-16(13-20(22)32)39-21-15-45-25(21)18-14-38-43(26(18)30(33,34)35)28-19(31)3-2-9-37-28/h2-6,9-10,13-14,17,21,25,39H,7-8,11-12,15H2,1H3,(H,36,40,44). The van der Waals surface area contributed by atoms with E-state index in [9.17, 15) is 22.4 Å². The molecule has 0 radical (unpaired) electrons. The lowest BCUT2D eigenvalue weighted by Gasteiger charge is -2.38. The average Bonchev–Trinajstić information content (AvgIpc) is 3.59. The number of imidazole rings is 1. The van der Waals surface area contributed by atoms with Gasteiger partial charge >= 0.3 is 11.9 Å². The van der Waals surface area contributed by atoms with Crippen molar-refractivity contribution in [3.05, 3.63) is 88.4 Å². The summed E-state index contributed by atoms with van der Waals surface area (Å²) in [5.41, 5.74) is -0.832. The molecule has 2 aliphatic heterocycles. The predicted octanol–water partition coefficient (Wildman–Crippen LogP) is 5.21. The molecular formula is C30H27F5N8O3. The third kappa shape index (κ3) is 5.36. The monoisotopic (exact) mass is 642 g/mol. The van der Waals surface area contributed by atoms with E-state index in [1.54, 1.807) is 10.6 Å². The lowest BCUT2D eigenvalue weighted by atomic mass is 9.98. The minimum absolute atomic E-state index is 0.0297. The van der Waals surface area contributed by atoms with Crippen LogP contribution in [-0.4, -0.2) is 67.0 Å². The highest BCUT2D eigenvalue weighted by atomic mass is 19.4. The van der Waals surface area contributed by atoms with Gasteiger partial charge in [-0.05, 0) is 57.2 Å². The molecule has 7 rings (SSSR count). The highest BCUT2D eigenvalue weighted by Crippen LogP contribution is 2.42. The Morgan fingerprint density at radius 3 is 2.54 bits per heavy atom. The van der Waals surface area contributed by atoms with Crippen LogP contribution in [0.25, 0.3) is 17.0 Å². The van der Waals surface area contributed by atoms with E-state index in [2.05, 4.69) is 30.3 Å². The number of hydrogen-bond acceptors (Lipinski definition) is 8. The van der Waals surface area contributed by atoms with Crippen molar-refractivity contribution in [2.24, 2.45) is 0 Å². The van der Waals surface area contributed by atoms with E-state index < -0.39 is 41.5 Å². The summed E-state index contributed by atoms with van der Waals surface area (Å²) in [6.45, 7) is 1.67. The van der Waals surface area contributed by atoms with Crippen molar-refractivity contribution in [2.45, 2.75) is 37.2 Å². The van der Waals surface area contributed by atoms with Gasteiger partial charge in [0.05, 0.1) is 18.8 Å². The second-order valence-corrected chi connectivity index (χ2v) is 11.3. The normalized spacial score (nSPS) is 19.3. The Morgan fingerprint density at radius 1 is 1.04 bits per heavy atom. The van der Waals surface area contributed by atoms with Crippen LogP contribution in [0, 0.1) is 11.6 Å². The van der Waals surface area contributed by atoms with E-state index >= 15 is 4.39 Å². The summed E-state index contributed by atoms with van der Waals surface area (Å²) in [7, 11) is 2.02. The van der Waals surface area contributed by atoms with Crippen LogP contribution in [0.5, 0.6) is 11.5 Å². The molecule has 4 aromatic heterocycles. The highest BCUT2D eigenvalue weighted by molar-refractivity contribution is 5.79. The molecule has 46 heavy (non-hydrogen) atoms. The quantitative estimate of drug-likeness (QED) is 0.233. The molecule has 0 spiro atoms. The summed E-state index contributed by atoms with van der Waals surface area (Å²) in [5.74, 6) is -2.20. The van der Waals surface area contributed by atoms with Gasteiger partial charge in [0, 0.05) is 41.8 Å². The van der Waals surface area contributed by atoms with Crippen LogP contribution in [0.4, 0.5) is 27.6 Å². The molecule has 1 aromatic carbocycles. The second-order valence-electron chi connectivity index (χ2n) is 11.3. The van der Waals surface area contributed by atoms with Gasteiger partial charge < -0.3 is 19.7 Å². The lowest BCUT2D eigenvalue weighted by molar-refractivity contribution is -0.147. The zero-order valence-corrected chi connectivity index (χ0v) is 24.3. The smallest absolute Gasteiger partial charge is 0.433 e. The van der Waals surface area contributed by atoms with Crippen molar-refractivity contribution >= 4 is 16.9 Å². The summed E-state index contributed by atoms with van der Waals surface area (Å²) >= 11 is 0. The van der Waals surface area contributed by atoms with Gasteiger partial charge in [-0.25, -0.2) is 28.2 Å². The van der Waals surface area contributed by atoms with Crippen LogP contribution >= 0.6 is 0 Å². The first-order chi connectivity index (χ1) is 22.1. The number of piperidine rings is 1. The van der Waals surface area contributed by atoms with Crippen LogP contribution in [0.3, 0.4) is 0 Å². The number of halogens is 5. The number of hydrogen-bond donors (Lipinski definition) is 2. The summed E-state index contributed by atoms with van der Waals surface area (Å²) in [4.78, 5) is 25.8. The van der Waals surface area contributed by atoms with Crippen molar-refractivity contribution < 1.29 is 31.4 Å². The van der Waals surface area contributed by atoms with E-state index in [1.807, 2.05) is 7.05 Å². The van der Waals surface area contributed by atoms with Gasteiger partial charge in [-0.3, -0.25) is 9.55 Å². The number of pyridine rings is 2. The number of rotatable bonds is 7. The van der Waals surface area contributed by atoms with Gasteiger partial charge in [-0.1, -0.05) is 0 Å². The van der Waals surface area contributed by atoms with Crippen LogP contribution in [0.2, 0.25) is 0 Å². The van der Waals surface area contributed by atoms with Crippen molar-refractivity contribution in [1.82, 2.24) is 34.2 Å². The fourth-order valence-corrected chi connectivity index (χ4v) is 5.97. The van der Waals surface area contributed by atoms with Gasteiger partial charge in [0.2, 0.25) is 0 Å². The van der Waals surface area contributed by atoms with Gasteiger partial charge in [0.15, 0.2) is 40.3 Å². The maximum Gasteiger partial charge on any atom is 0.433 e. The van der Waals surface area contributed by atoms with E-state index in [4.69, 9.17) is 9.47 Å². The molecular weight excluding hydrogens is 615 g/mol. The summed E-state index contributed by atoms with van der Waals surface area (Å²) in [6, 6.07) is 7.10. The zero-order valence-electron chi connectivity index (χ0n) is 24.3. The maximum absolute atomic E-state index is 15.4. The number of alkyl halides is 3. The minimum atomic E-state index is -4.90. The number of anilines is 1. The van der Waals surface area contributed by atoms with Crippen LogP contribution in [0.15, 0.2) is 59.8 Å². The molecule has 5 aromatic rings. The van der Waals surface area contributed by atoms with Gasteiger partial charge in [-0.15, -0.1) is 0 Å². The van der Waals surface area contributed by atoms with Crippen LogP contribution in [-0.2, 0) is 10.9 Å². The molecule has 11 nitrogen and oxygen atoms in total. The van der Waals surface area contributed by atoms with Crippen molar-refractivity contribution in [2.75, 3.05) is 32.1 Å². The van der Waals surface area contributed by atoms with Gasteiger partial charge in [-0.2, -0.15) is 18.3 Å². The summed E-state index contributed by atoms with van der Waals surface area (Å²) < 4.78 is 85.7. The first kappa shape index (κ1) is 29.9. The van der Waals surface area contributed by atoms with Crippen molar-refractivity contribution in [3.8, 4) is 17.3 Å². The minimum Gasteiger partial charge on any atom is -0.452 e. The lowest BCUT2D eigenvalue weighted by Crippen LogP contribution is -2.44. The molecule has 2 unspecified atom stereocenters. The third-order valence-corrected chi connectivity index (χ3v) is 8.26. The number of nitrogens with one attached hydrogen (secondary N) is 2. The Kier molecular flexibility index (Phi) is 7.47. The summed E-state index contributed by atoms with van der Waals surface area (Å²) in [5, 5.41) is 6.77.